The Balaban J connectivity index is 1.63. The number of carbonyl (C=O) groups excluding carboxylic acids is 1. The Kier molecular flexibility index (Phi) is 4.67. The fourth-order valence-electron chi connectivity index (χ4n) is 3.63. The summed E-state index contributed by atoms with van der Waals surface area (Å²) in [4.78, 5) is 23.2. The van der Waals surface area contributed by atoms with Crippen LogP contribution >= 0.6 is 0 Å². The van der Waals surface area contributed by atoms with Crippen LogP contribution in [0.2, 0.25) is 0 Å². The Labute approximate surface area is 153 Å². The predicted molar refractivity (Wildman–Crippen MR) is 102 cm³/mol. The van der Waals surface area contributed by atoms with E-state index in [9.17, 15) is 4.79 Å². The summed E-state index contributed by atoms with van der Waals surface area (Å²) in [6.45, 7) is 2.57. The van der Waals surface area contributed by atoms with Crippen molar-refractivity contribution in [3.05, 3.63) is 77.0 Å². The number of hydroxylamine groups is 1. The van der Waals surface area contributed by atoms with Crippen LogP contribution in [-0.2, 0) is 24.3 Å². The molecule has 1 N–H and O–H groups in total. The minimum absolute atomic E-state index is 0.190. The molecule has 132 valence electrons. The highest BCUT2D eigenvalue weighted by Gasteiger charge is 2.25. The van der Waals surface area contributed by atoms with Crippen molar-refractivity contribution in [1.82, 2.24) is 10.5 Å². The molecule has 3 aromatic rings. The first-order valence-electron chi connectivity index (χ1n) is 9.09. The number of hydrogen-bond acceptors (Lipinski definition) is 3. The van der Waals surface area contributed by atoms with E-state index in [0.717, 1.165) is 47.0 Å². The van der Waals surface area contributed by atoms with Crippen LogP contribution in [0.3, 0.4) is 0 Å². The summed E-state index contributed by atoms with van der Waals surface area (Å²) in [5.74, 6) is 0.368. The average Bonchev–Trinajstić information content (AvgIpc) is 2.67. The highest BCUT2D eigenvalue weighted by atomic mass is 16.6. The Bertz CT molecular complexity index is 938. The number of benzene rings is 2. The number of nitrogens with one attached hydrogen (secondary N) is 1. The van der Waals surface area contributed by atoms with Crippen LogP contribution in [0, 0.1) is 5.92 Å². The van der Waals surface area contributed by atoms with Gasteiger partial charge in [-0.05, 0) is 42.4 Å². The molecule has 0 saturated heterocycles. The zero-order valence-electron chi connectivity index (χ0n) is 14.9. The van der Waals surface area contributed by atoms with Crippen LogP contribution in [0.5, 0.6) is 0 Å². The number of aromatic nitrogens is 1. The highest BCUT2D eigenvalue weighted by molar-refractivity contribution is 6.07. The van der Waals surface area contributed by atoms with Gasteiger partial charge in [-0.1, -0.05) is 55.5 Å². The molecular formula is C22H22N2O2. The molecule has 0 radical (unpaired) electrons. The zero-order chi connectivity index (χ0) is 17.9. The molecule has 4 heteroatoms. The Morgan fingerprint density at radius 2 is 1.92 bits per heavy atom. The maximum Gasteiger partial charge on any atom is 0.275 e. The summed E-state index contributed by atoms with van der Waals surface area (Å²) in [6.07, 6.45) is 2.92. The normalized spacial score (nSPS) is 16.3. The maximum atomic E-state index is 13.0. The molecule has 2 aromatic carbocycles. The minimum Gasteiger partial charge on any atom is -0.269 e. The first-order valence-corrected chi connectivity index (χ1v) is 9.09. The Morgan fingerprint density at radius 3 is 2.77 bits per heavy atom. The molecule has 1 aliphatic carbocycles. The summed E-state index contributed by atoms with van der Waals surface area (Å²) < 4.78 is 0. The minimum atomic E-state index is -0.190. The van der Waals surface area contributed by atoms with Gasteiger partial charge in [-0.3, -0.25) is 14.6 Å². The topological polar surface area (TPSA) is 51.2 Å². The summed E-state index contributed by atoms with van der Waals surface area (Å²) >= 11 is 0. The van der Waals surface area contributed by atoms with Crippen molar-refractivity contribution in [2.75, 3.05) is 0 Å². The summed E-state index contributed by atoms with van der Waals surface area (Å²) in [6, 6.07) is 17.6. The second kappa shape index (κ2) is 7.26. The molecule has 1 heterocycles. The van der Waals surface area contributed by atoms with E-state index in [1.165, 1.54) is 0 Å². The molecule has 0 unspecified atom stereocenters. The summed E-state index contributed by atoms with van der Waals surface area (Å²) in [5, 5.41) is 0.890. The Hall–Kier alpha value is -2.72. The van der Waals surface area contributed by atoms with Crippen LogP contribution in [0.15, 0.2) is 54.6 Å². The van der Waals surface area contributed by atoms with E-state index in [-0.39, 0.29) is 5.91 Å². The fraction of sp³-hybridized carbons (Fsp3) is 0.273. The van der Waals surface area contributed by atoms with Gasteiger partial charge in [0.15, 0.2) is 0 Å². The number of aryl methyl sites for hydroxylation is 1. The number of nitrogens with zero attached hydrogens (tertiary/aromatic N) is 1. The van der Waals surface area contributed by atoms with Crippen LogP contribution in [0.25, 0.3) is 10.9 Å². The zero-order valence-corrected chi connectivity index (χ0v) is 14.9. The first-order chi connectivity index (χ1) is 12.7. The van der Waals surface area contributed by atoms with Crippen molar-refractivity contribution in [3.8, 4) is 0 Å². The van der Waals surface area contributed by atoms with Crippen molar-refractivity contribution >= 4 is 16.8 Å². The lowest BCUT2D eigenvalue weighted by molar-refractivity contribution is 0.0234. The molecule has 4 rings (SSSR count). The molecule has 0 fully saturated rings. The number of hydrogen-bond donors (Lipinski definition) is 1. The van der Waals surface area contributed by atoms with Gasteiger partial charge in [-0.2, -0.15) is 0 Å². The van der Waals surface area contributed by atoms with Crippen molar-refractivity contribution in [3.63, 3.8) is 0 Å². The number of rotatable bonds is 4. The average molecular weight is 346 g/mol. The van der Waals surface area contributed by atoms with E-state index in [0.29, 0.717) is 18.1 Å². The van der Waals surface area contributed by atoms with Gasteiger partial charge in [0.1, 0.15) is 0 Å². The van der Waals surface area contributed by atoms with E-state index in [2.05, 4.69) is 12.4 Å². The predicted octanol–water partition coefficient (Wildman–Crippen LogP) is 4.22. The summed E-state index contributed by atoms with van der Waals surface area (Å²) in [7, 11) is 0. The molecule has 26 heavy (non-hydrogen) atoms. The molecule has 1 aromatic heterocycles. The number of para-hydroxylation sites is 1. The molecular weight excluding hydrogens is 324 g/mol. The van der Waals surface area contributed by atoms with Gasteiger partial charge in [-0.15, -0.1) is 0 Å². The van der Waals surface area contributed by atoms with Crippen molar-refractivity contribution in [1.29, 1.82) is 0 Å². The van der Waals surface area contributed by atoms with Crippen LogP contribution in [0.1, 0.15) is 40.5 Å². The van der Waals surface area contributed by atoms with E-state index in [4.69, 9.17) is 9.82 Å². The summed E-state index contributed by atoms with van der Waals surface area (Å²) in [5.41, 5.74) is 7.36. The third-order valence-electron chi connectivity index (χ3n) is 4.98. The SMILES string of the molecule is C[C@@H]1CCc2nc3ccccc3c(C(=O)NOCc3ccccc3)c2C1. The monoisotopic (exact) mass is 346 g/mol. The highest BCUT2D eigenvalue weighted by Crippen LogP contribution is 2.31. The first kappa shape index (κ1) is 16.7. The molecule has 1 atom stereocenters. The number of pyridine rings is 1. The molecule has 0 bridgehead atoms. The molecule has 0 saturated carbocycles. The Morgan fingerprint density at radius 1 is 1.15 bits per heavy atom. The number of fused-ring (bicyclic) bond motifs is 2. The maximum absolute atomic E-state index is 13.0. The van der Waals surface area contributed by atoms with Crippen LogP contribution in [-0.4, -0.2) is 10.9 Å². The van der Waals surface area contributed by atoms with Crippen molar-refractivity contribution in [2.24, 2.45) is 5.92 Å². The second-order valence-corrected chi connectivity index (χ2v) is 6.98. The van der Waals surface area contributed by atoms with Gasteiger partial charge in [0.25, 0.3) is 5.91 Å². The van der Waals surface area contributed by atoms with E-state index in [1.807, 2.05) is 54.6 Å². The van der Waals surface area contributed by atoms with Gasteiger partial charge in [0, 0.05) is 11.1 Å². The van der Waals surface area contributed by atoms with Crippen LogP contribution in [0.4, 0.5) is 0 Å². The van der Waals surface area contributed by atoms with Gasteiger partial charge >= 0.3 is 0 Å². The van der Waals surface area contributed by atoms with Gasteiger partial charge < -0.3 is 0 Å². The lowest BCUT2D eigenvalue weighted by Gasteiger charge is -2.24. The third-order valence-corrected chi connectivity index (χ3v) is 4.98. The quantitative estimate of drug-likeness (QED) is 0.720. The van der Waals surface area contributed by atoms with Gasteiger partial charge in [-0.25, -0.2) is 5.48 Å². The fourth-order valence-corrected chi connectivity index (χ4v) is 3.63. The largest absolute Gasteiger partial charge is 0.275 e. The molecule has 1 aliphatic rings. The third kappa shape index (κ3) is 3.33. The molecule has 1 amide bonds. The molecule has 4 nitrogen and oxygen atoms in total. The van der Waals surface area contributed by atoms with E-state index >= 15 is 0 Å². The van der Waals surface area contributed by atoms with Gasteiger partial charge in [0.05, 0.1) is 17.7 Å². The number of carbonyl (C=O) groups is 1. The van der Waals surface area contributed by atoms with E-state index in [1.54, 1.807) is 0 Å². The van der Waals surface area contributed by atoms with E-state index < -0.39 is 0 Å². The lowest BCUT2D eigenvalue weighted by atomic mass is 9.84. The lowest BCUT2D eigenvalue weighted by Crippen LogP contribution is -2.27. The number of amides is 1. The second-order valence-electron chi connectivity index (χ2n) is 6.98. The smallest absolute Gasteiger partial charge is 0.269 e. The standard InChI is InChI=1S/C22H22N2O2/c1-15-11-12-20-18(13-15)21(17-9-5-6-10-19(17)23-20)22(25)24-26-14-16-7-3-2-4-8-16/h2-10,15H,11-14H2,1H3,(H,24,25)/t15-/m1/s1. The van der Waals surface area contributed by atoms with Gasteiger partial charge in [0.2, 0.25) is 0 Å². The van der Waals surface area contributed by atoms with Crippen molar-refractivity contribution in [2.45, 2.75) is 32.8 Å². The van der Waals surface area contributed by atoms with Crippen molar-refractivity contribution < 1.29 is 9.63 Å². The molecule has 0 spiro atoms. The molecule has 0 aliphatic heterocycles. The van der Waals surface area contributed by atoms with Crippen LogP contribution < -0.4 is 5.48 Å².